The molecule has 3 heteroatoms. The first kappa shape index (κ1) is 11.9. The molecule has 2 nitrogen and oxygen atoms in total. The van der Waals surface area contributed by atoms with Gasteiger partial charge in [-0.25, -0.2) is 0 Å². The van der Waals surface area contributed by atoms with E-state index in [1.165, 1.54) is 11.1 Å². The van der Waals surface area contributed by atoms with Gasteiger partial charge >= 0.3 is 0 Å². The SMILES string of the molecule is c1ccc(CC2COC(c3ccsc3)CN2)cc1. The van der Waals surface area contributed by atoms with Gasteiger partial charge < -0.3 is 10.1 Å². The van der Waals surface area contributed by atoms with Crippen molar-refractivity contribution < 1.29 is 4.74 Å². The first-order valence-corrected chi connectivity index (χ1v) is 7.27. The van der Waals surface area contributed by atoms with E-state index in [1.807, 2.05) is 0 Å². The summed E-state index contributed by atoms with van der Waals surface area (Å²) in [6.07, 6.45) is 1.26. The first-order valence-electron chi connectivity index (χ1n) is 6.33. The topological polar surface area (TPSA) is 21.3 Å². The van der Waals surface area contributed by atoms with Gasteiger partial charge in [0.25, 0.3) is 0 Å². The number of nitrogens with one attached hydrogen (secondary N) is 1. The number of ether oxygens (including phenoxy) is 1. The molecule has 1 N–H and O–H groups in total. The Morgan fingerprint density at radius 3 is 2.78 bits per heavy atom. The van der Waals surface area contributed by atoms with Gasteiger partial charge in [-0.3, -0.25) is 0 Å². The van der Waals surface area contributed by atoms with Crippen molar-refractivity contribution in [3.05, 3.63) is 58.3 Å². The van der Waals surface area contributed by atoms with Gasteiger partial charge in [0.1, 0.15) is 0 Å². The summed E-state index contributed by atoms with van der Waals surface area (Å²) in [6, 6.07) is 13.2. The van der Waals surface area contributed by atoms with Crippen LogP contribution in [0.5, 0.6) is 0 Å². The summed E-state index contributed by atoms with van der Waals surface area (Å²) < 4.78 is 5.95. The third kappa shape index (κ3) is 2.80. The highest BCUT2D eigenvalue weighted by Crippen LogP contribution is 2.22. The van der Waals surface area contributed by atoms with Crippen molar-refractivity contribution in [1.29, 1.82) is 0 Å². The lowest BCUT2D eigenvalue weighted by Crippen LogP contribution is -2.43. The third-order valence-corrected chi connectivity index (χ3v) is 4.03. The molecule has 0 amide bonds. The number of hydrogen-bond acceptors (Lipinski definition) is 3. The number of thiophene rings is 1. The molecule has 1 aliphatic rings. The van der Waals surface area contributed by atoms with Crippen LogP contribution in [0.25, 0.3) is 0 Å². The van der Waals surface area contributed by atoms with Gasteiger partial charge in [0.05, 0.1) is 12.7 Å². The molecule has 0 bridgehead atoms. The Labute approximate surface area is 112 Å². The van der Waals surface area contributed by atoms with E-state index in [2.05, 4.69) is 52.5 Å². The summed E-state index contributed by atoms with van der Waals surface area (Å²) in [5.41, 5.74) is 2.67. The van der Waals surface area contributed by atoms with E-state index in [9.17, 15) is 0 Å². The lowest BCUT2D eigenvalue weighted by atomic mass is 10.0. The smallest absolute Gasteiger partial charge is 0.0958 e. The van der Waals surface area contributed by atoms with E-state index in [4.69, 9.17) is 4.74 Å². The minimum atomic E-state index is 0.225. The normalized spacial score (nSPS) is 24.0. The molecule has 2 unspecified atom stereocenters. The summed E-state index contributed by atoms with van der Waals surface area (Å²) in [4.78, 5) is 0. The first-order chi connectivity index (χ1) is 8.92. The Bertz CT molecular complexity index is 461. The number of hydrogen-bond donors (Lipinski definition) is 1. The Morgan fingerprint density at radius 1 is 1.22 bits per heavy atom. The quantitative estimate of drug-likeness (QED) is 0.915. The number of rotatable bonds is 3. The van der Waals surface area contributed by atoms with Gasteiger partial charge in [0, 0.05) is 12.6 Å². The fraction of sp³-hybridized carbons (Fsp3) is 0.333. The summed E-state index contributed by atoms with van der Waals surface area (Å²) in [5.74, 6) is 0. The van der Waals surface area contributed by atoms with Crippen LogP contribution in [0.1, 0.15) is 17.2 Å². The highest BCUT2D eigenvalue weighted by Gasteiger charge is 2.22. The maximum absolute atomic E-state index is 5.95. The van der Waals surface area contributed by atoms with Crippen LogP contribution in [-0.2, 0) is 11.2 Å². The van der Waals surface area contributed by atoms with Crippen LogP contribution in [0.3, 0.4) is 0 Å². The largest absolute Gasteiger partial charge is 0.371 e. The van der Waals surface area contributed by atoms with E-state index < -0.39 is 0 Å². The molecule has 2 aromatic rings. The molecule has 2 heterocycles. The Hall–Kier alpha value is -1.16. The van der Waals surface area contributed by atoms with Crippen molar-refractivity contribution in [1.82, 2.24) is 5.32 Å². The third-order valence-electron chi connectivity index (χ3n) is 3.33. The van der Waals surface area contributed by atoms with Crippen LogP contribution >= 0.6 is 11.3 Å². The lowest BCUT2D eigenvalue weighted by Gasteiger charge is -2.30. The molecule has 0 radical (unpaired) electrons. The number of benzene rings is 1. The Balaban J connectivity index is 1.54. The Morgan fingerprint density at radius 2 is 2.11 bits per heavy atom. The maximum atomic E-state index is 5.95. The summed E-state index contributed by atoms with van der Waals surface area (Å²) in [6.45, 7) is 1.70. The van der Waals surface area contributed by atoms with Crippen LogP contribution in [0.4, 0.5) is 0 Å². The summed E-state index contributed by atoms with van der Waals surface area (Å²) in [7, 11) is 0. The number of morpholine rings is 1. The predicted octanol–water partition coefficient (Wildman–Crippen LogP) is 3.02. The van der Waals surface area contributed by atoms with Crippen LogP contribution < -0.4 is 5.32 Å². The molecule has 18 heavy (non-hydrogen) atoms. The minimum Gasteiger partial charge on any atom is -0.371 e. The van der Waals surface area contributed by atoms with Gasteiger partial charge in [-0.15, -0.1) is 0 Å². The van der Waals surface area contributed by atoms with Gasteiger partial charge in [0.2, 0.25) is 0 Å². The zero-order valence-corrected chi connectivity index (χ0v) is 11.0. The molecule has 1 aliphatic heterocycles. The molecule has 0 aliphatic carbocycles. The van der Waals surface area contributed by atoms with E-state index in [0.717, 1.165) is 19.6 Å². The molecule has 0 saturated carbocycles. The molecule has 2 atom stereocenters. The van der Waals surface area contributed by atoms with E-state index in [0.29, 0.717) is 6.04 Å². The summed E-state index contributed by atoms with van der Waals surface area (Å²) in [5, 5.41) is 7.86. The average molecular weight is 259 g/mol. The van der Waals surface area contributed by atoms with Gasteiger partial charge in [0.15, 0.2) is 0 Å². The molecule has 94 valence electrons. The fourth-order valence-corrected chi connectivity index (χ4v) is 3.03. The average Bonchev–Trinajstić information content (AvgIpc) is 2.95. The minimum absolute atomic E-state index is 0.225. The predicted molar refractivity (Wildman–Crippen MR) is 74.9 cm³/mol. The summed E-state index contributed by atoms with van der Waals surface area (Å²) >= 11 is 1.73. The van der Waals surface area contributed by atoms with Crippen molar-refractivity contribution in [2.24, 2.45) is 0 Å². The molecule has 1 aromatic heterocycles. The second-order valence-corrected chi connectivity index (χ2v) is 5.45. The van der Waals surface area contributed by atoms with Crippen LogP contribution in [0.2, 0.25) is 0 Å². The maximum Gasteiger partial charge on any atom is 0.0958 e. The van der Waals surface area contributed by atoms with Crippen molar-refractivity contribution in [3.8, 4) is 0 Å². The van der Waals surface area contributed by atoms with Crippen molar-refractivity contribution in [3.63, 3.8) is 0 Å². The standard InChI is InChI=1S/C15H17NOS/c1-2-4-12(5-3-1)8-14-10-17-15(9-16-14)13-6-7-18-11-13/h1-7,11,14-16H,8-10H2. The van der Waals surface area contributed by atoms with Gasteiger partial charge in [-0.2, -0.15) is 11.3 Å². The van der Waals surface area contributed by atoms with Crippen LogP contribution in [0.15, 0.2) is 47.2 Å². The zero-order chi connectivity index (χ0) is 12.2. The Kier molecular flexibility index (Phi) is 3.74. The second-order valence-electron chi connectivity index (χ2n) is 4.67. The van der Waals surface area contributed by atoms with Crippen molar-refractivity contribution in [2.45, 2.75) is 18.6 Å². The second kappa shape index (κ2) is 5.65. The van der Waals surface area contributed by atoms with Gasteiger partial charge in [-0.1, -0.05) is 30.3 Å². The fourth-order valence-electron chi connectivity index (χ4n) is 2.33. The highest BCUT2D eigenvalue weighted by molar-refractivity contribution is 7.07. The molecule has 0 spiro atoms. The van der Waals surface area contributed by atoms with Crippen LogP contribution in [0, 0.1) is 0 Å². The molecule has 3 rings (SSSR count). The molecule has 1 fully saturated rings. The van der Waals surface area contributed by atoms with Crippen molar-refractivity contribution in [2.75, 3.05) is 13.2 Å². The van der Waals surface area contributed by atoms with E-state index in [-0.39, 0.29) is 6.10 Å². The highest BCUT2D eigenvalue weighted by atomic mass is 32.1. The van der Waals surface area contributed by atoms with Crippen LogP contribution in [-0.4, -0.2) is 19.2 Å². The monoisotopic (exact) mass is 259 g/mol. The van der Waals surface area contributed by atoms with E-state index in [1.54, 1.807) is 11.3 Å². The molecule has 1 saturated heterocycles. The van der Waals surface area contributed by atoms with Gasteiger partial charge in [-0.05, 0) is 34.4 Å². The molecule has 1 aromatic carbocycles. The zero-order valence-electron chi connectivity index (χ0n) is 10.2. The van der Waals surface area contributed by atoms with Crippen molar-refractivity contribution >= 4 is 11.3 Å². The molecular weight excluding hydrogens is 242 g/mol. The lowest BCUT2D eigenvalue weighted by molar-refractivity contribution is 0.00330. The molecular formula is C15H17NOS. The van der Waals surface area contributed by atoms with E-state index >= 15 is 0 Å².